The predicted molar refractivity (Wildman–Crippen MR) is 90.8 cm³/mol. The number of rotatable bonds is 10. The molecule has 2 N–H and O–H groups in total. The lowest BCUT2D eigenvalue weighted by Gasteiger charge is -2.40. The molecule has 0 bridgehead atoms. The molecule has 2 atom stereocenters. The number of piperazine rings is 1. The number of hydrogen-bond donors (Lipinski definition) is 2. The summed E-state index contributed by atoms with van der Waals surface area (Å²) < 4.78 is 0. The molecular weight excluding hydrogens is 262 g/mol. The molecule has 0 aromatic heterocycles. The van der Waals surface area contributed by atoms with Crippen molar-refractivity contribution >= 4 is 0 Å². The lowest BCUT2D eigenvalue weighted by Crippen LogP contribution is -2.52. The smallest absolute Gasteiger partial charge is 0.0613 e. The third kappa shape index (κ3) is 5.85. The van der Waals surface area contributed by atoms with Gasteiger partial charge in [-0.05, 0) is 52.2 Å². The number of nitrogens with one attached hydrogen (secondary N) is 1. The van der Waals surface area contributed by atoms with E-state index in [4.69, 9.17) is 0 Å². The normalized spacial score (nSPS) is 24.1. The highest BCUT2D eigenvalue weighted by atomic mass is 16.3. The number of likely N-dealkylation sites (N-methyl/N-ethyl adjacent to an activating group) is 1. The van der Waals surface area contributed by atoms with E-state index in [0.29, 0.717) is 6.04 Å². The Morgan fingerprint density at radius 1 is 1.24 bits per heavy atom. The van der Waals surface area contributed by atoms with Gasteiger partial charge in [-0.2, -0.15) is 0 Å². The molecule has 0 aromatic rings. The fraction of sp³-hybridized carbons (Fsp3) is 1.00. The van der Waals surface area contributed by atoms with Crippen molar-refractivity contribution in [3.8, 4) is 0 Å². The Bertz CT molecular complexity index is 269. The highest BCUT2D eigenvalue weighted by Gasteiger charge is 2.27. The average Bonchev–Trinajstić information content (AvgIpc) is 2.51. The zero-order valence-corrected chi connectivity index (χ0v) is 14.7. The van der Waals surface area contributed by atoms with Crippen molar-refractivity contribution < 1.29 is 5.11 Å². The molecular formula is C17H37N3O. The highest BCUT2D eigenvalue weighted by molar-refractivity contribution is 4.87. The largest absolute Gasteiger partial charge is 0.394 e. The lowest BCUT2D eigenvalue weighted by molar-refractivity contribution is 0.0812. The Morgan fingerprint density at radius 2 is 2.00 bits per heavy atom. The molecule has 0 aromatic carbocycles. The van der Waals surface area contributed by atoms with Crippen LogP contribution in [0.15, 0.2) is 0 Å². The summed E-state index contributed by atoms with van der Waals surface area (Å²) in [5, 5.41) is 13.3. The van der Waals surface area contributed by atoms with Crippen molar-refractivity contribution in [1.82, 2.24) is 15.1 Å². The molecule has 1 aliphatic heterocycles. The molecule has 1 fully saturated rings. The summed E-state index contributed by atoms with van der Waals surface area (Å²) in [5.74, 6) is 0. The molecule has 126 valence electrons. The predicted octanol–water partition coefficient (Wildman–Crippen LogP) is 1.93. The fourth-order valence-electron chi connectivity index (χ4n) is 3.41. The minimum absolute atomic E-state index is 0.0626. The van der Waals surface area contributed by atoms with Crippen LogP contribution in [0.25, 0.3) is 0 Å². The van der Waals surface area contributed by atoms with Gasteiger partial charge < -0.3 is 15.3 Å². The zero-order chi connectivity index (χ0) is 15.7. The van der Waals surface area contributed by atoms with Crippen molar-refractivity contribution in [3.05, 3.63) is 0 Å². The molecule has 1 rings (SSSR count). The van der Waals surface area contributed by atoms with E-state index in [-0.39, 0.29) is 12.1 Å². The van der Waals surface area contributed by atoms with E-state index in [1.54, 1.807) is 0 Å². The van der Waals surface area contributed by atoms with E-state index in [9.17, 15) is 5.11 Å². The maximum atomic E-state index is 9.77. The van der Waals surface area contributed by atoms with Gasteiger partial charge in [0.05, 0.1) is 6.61 Å². The van der Waals surface area contributed by atoms with Crippen molar-refractivity contribution in [1.29, 1.82) is 0 Å². The second kappa shape index (κ2) is 9.78. The van der Waals surface area contributed by atoms with Gasteiger partial charge in [0.25, 0.3) is 0 Å². The molecule has 0 amide bonds. The zero-order valence-electron chi connectivity index (χ0n) is 14.7. The van der Waals surface area contributed by atoms with Crippen LogP contribution in [0.4, 0.5) is 0 Å². The van der Waals surface area contributed by atoms with Gasteiger partial charge in [0.15, 0.2) is 0 Å². The number of nitrogens with zero attached hydrogens (tertiary/aromatic N) is 2. The van der Waals surface area contributed by atoms with Gasteiger partial charge >= 0.3 is 0 Å². The summed E-state index contributed by atoms with van der Waals surface area (Å²) in [5.41, 5.74) is -0.0626. The summed E-state index contributed by atoms with van der Waals surface area (Å²) in [7, 11) is 0. The summed E-state index contributed by atoms with van der Waals surface area (Å²) in [6, 6.07) is 0.677. The molecule has 1 saturated heterocycles. The van der Waals surface area contributed by atoms with E-state index in [1.165, 1.54) is 32.6 Å². The van der Waals surface area contributed by atoms with Crippen LogP contribution in [-0.4, -0.2) is 72.4 Å². The van der Waals surface area contributed by atoms with Crippen LogP contribution >= 0.6 is 0 Å². The van der Waals surface area contributed by atoms with E-state index in [2.05, 4.69) is 42.8 Å². The topological polar surface area (TPSA) is 38.7 Å². The first kappa shape index (κ1) is 18.9. The first-order chi connectivity index (χ1) is 10.1. The third-order valence-electron chi connectivity index (χ3n) is 5.11. The van der Waals surface area contributed by atoms with Crippen LogP contribution < -0.4 is 5.32 Å². The molecule has 0 spiro atoms. The quantitative estimate of drug-likeness (QED) is 0.646. The van der Waals surface area contributed by atoms with Gasteiger partial charge in [0.1, 0.15) is 0 Å². The number of hydrogen-bond acceptors (Lipinski definition) is 4. The van der Waals surface area contributed by atoms with Crippen LogP contribution in [-0.2, 0) is 0 Å². The molecule has 0 aliphatic carbocycles. The van der Waals surface area contributed by atoms with E-state index < -0.39 is 0 Å². The van der Waals surface area contributed by atoms with Crippen molar-refractivity contribution in [2.24, 2.45) is 0 Å². The highest BCUT2D eigenvalue weighted by Crippen LogP contribution is 2.18. The van der Waals surface area contributed by atoms with Gasteiger partial charge in [-0.15, -0.1) is 0 Å². The third-order valence-corrected chi connectivity index (χ3v) is 5.11. The van der Waals surface area contributed by atoms with Gasteiger partial charge in [0.2, 0.25) is 0 Å². The summed E-state index contributed by atoms with van der Waals surface area (Å²) in [6.07, 6.45) is 4.37. The molecule has 0 radical (unpaired) electrons. The second-order valence-corrected chi connectivity index (χ2v) is 6.60. The van der Waals surface area contributed by atoms with Gasteiger partial charge in [-0.1, -0.05) is 20.8 Å². The number of aliphatic hydroxyl groups is 1. The summed E-state index contributed by atoms with van der Waals surface area (Å²) in [6.45, 7) is 16.1. The minimum atomic E-state index is -0.0626. The first-order valence-corrected chi connectivity index (χ1v) is 8.93. The van der Waals surface area contributed by atoms with Crippen LogP contribution in [0, 0.1) is 0 Å². The average molecular weight is 300 g/mol. The molecule has 21 heavy (non-hydrogen) atoms. The van der Waals surface area contributed by atoms with Gasteiger partial charge in [0, 0.05) is 31.2 Å². The minimum Gasteiger partial charge on any atom is -0.394 e. The molecule has 1 heterocycles. The molecule has 4 heteroatoms. The van der Waals surface area contributed by atoms with E-state index in [0.717, 1.165) is 32.4 Å². The monoisotopic (exact) mass is 299 g/mol. The van der Waals surface area contributed by atoms with Crippen LogP contribution in [0.3, 0.4) is 0 Å². The molecule has 1 aliphatic rings. The van der Waals surface area contributed by atoms with E-state index in [1.807, 2.05) is 0 Å². The fourth-order valence-corrected chi connectivity index (χ4v) is 3.41. The van der Waals surface area contributed by atoms with Crippen LogP contribution in [0.5, 0.6) is 0 Å². The van der Waals surface area contributed by atoms with E-state index >= 15 is 0 Å². The van der Waals surface area contributed by atoms with Crippen LogP contribution in [0.2, 0.25) is 0 Å². The number of aliphatic hydroxyl groups excluding tert-OH is 1. The van der Waals surface area contributed by atoms with Gasteiger partial charge in [-0.3, -0.25) is 4.90 Å². The first-order valence-electron chi connectivity index (χ1n) is 8.93. The summed E-state index contributed by atoms with van der Waals surface area (Å²) >= 11 is 0. The van der Waals surface area contributed by atoms with Crippen molar-refractivity contribution in [2.45, 2.75) is 65.0 Å². The lowest BCUT2D eigenvalue weighted by atomic mass is 9.91. The molecule has 0 saturated carbocycles. The maximum absolute atomic E-state index is 9.77. The van der Waals surface area contributed by atoms with Crippen molar-refractivity contribution in [2.75, 3.05) is 45.9 Å². The SMILES string of the molecule is CCCNC(CC)(CO)CCCN1CCN(CC)C(C)C1. The summed E-state index contributed by atoms with van der Waals surface area (Å²) in [4.78, 5) is 5.15. The van der Waals surface area contributed by atoms with Crippen molar-refractivity contribution in [3.63, 3.8) is 0 Å². The maximum Gasteiger partial charge on any atom is 0.0613 e. The standard InChI is InChI=1S/C17H37N3O/c1-5-10-18-17(6-2,15-21)9-8-11-19-12-13-20(7-3)16(4)14-19/h16,18,21H,5-15H2,1-4H3. The molecule has 2 unspecified atom stereocenters. The van der Waals surface area contributed by atoms with Crippen LogP contribution in [0.1, 0.15) is 53.4 Å². The Kier molecular flexibility index (Phi) is 8.79. The Morgan fingerprint density at radius 3 is 2.52 bits per heavy atom. The second-order valence-electron chi connectivity index (χ2n) is 6.60. The van der Waals surface area contributed by atoms with Gasteiger partial charge in [-0.25, -0.2) is 0 Å². The Balaban J connectivity index is 2.34. The Hall–Kier alpha value is -0.160. The Labute approximate surface area is 131 Å². The molecule has 4 nitrogen and oxygen atoms in total.